The first-order valence-electron chi connectivity index (χ1n) is 7.56. The first-order chi connectivity index (χ1) is 8.81. The lowest BCUT2D eigenvalue weighted by Crippen LogP contribution is -2.32. The van der Waals surface area contributed by atoms with Crippen molar-refractivity contribution in [3.8, 4) is 6.07 Å². The molecule has 1 fully saturated rings. The molecule has 0 spiro atoms. The van der Waals surface area contributed by atoms with Gasteiger partial charge in [0, 0.05) is 6.61 Å². The van der Waals surface area contributed by atoms with Gasteiger partial charge in [0.05, 0.1) is 18.2 Å². The molecule has 1 saturated carbocycles. The number of hydrogen-bond donors (Lipinski definition) is 1. The summed E-state index contributed by atoms with van der Waals surface area (Å²) in [6.07, 6.45) is 8.72. The number of nitrogens with zero attached hydrogens (tertiary/aromatic N) is 1. The molecule has 3 heteroatoms. The van der Waals surface area contributed by atoms with E-state index in [2.05, 4.69) is 25.2 Å². The van der Waals surface area contributed by atoms with Gasteiger partial charge >= 0.3 is 0 Å². The van der Waals surface area contributed by atoms with Crippen molar-refractivity contribution in [1.82, 2.24) is 5.32 Å². The van der Waals surface area contributed by atoms with E-state index in [0.717, 1.165) is 31.9 Å². The van der Waals surface area contributed by atoms with Crippen LogP contribution in [0.5, 0.6) is 0 Å². The van der Waals surface area contributed by atoms with Crippen LogP contribution in [0.3, 0.4) is 0 Å². The lowest BCUT2D eigenvalue weighted by molar-refractivity contribution is -0.0141. The summed E-state index contributed by atoms with van der Waals surface area (Å²) in [5, 5.41) is 12.3. The molecule has 1 aliphatic carbocycles. The van der Waals surface area contributed by atoms with Crippen molar-refractivity contribution in [3.05, 3.63) is 0 Å². The van der Waals surface area contributed by atoms with E-state index in [0.29, 0.717) is 6.10 Å². The highest BCUT2D eigenvalue weighted by molar-refractivity contribution is 4.89. The molecule has 0 aromatic carbocycles. The maximum atomic E-state index is 9.02. The van der Waals surface area contributed by atoms with Crippen molar-refractivity contribution in [2.75, 3.05) is 13.2 Å². The zero-order chi connectivity index (χ0) is 13.2. The van der Waals surface area contributed by atoms with E-state index in [1.807, 2.05) is 0 Å². The highest BCUT2D eigenvalue weighted by atomic mass is 16.5. The Labute approximate surface area is 112 Å². The van der Waals surface area contributed by atoms with Gasteiger partial charge in [0.15, 0.2) is 0 Å². The standard InChI is InChI=1S/C15H28N2O/c1-3-10-17-14(12-16)9-11-18-15-8-6-5-7-13(15)4-2/h13-15,17H,3-11H2,1-2H3. The summed E-state index contributed by atoms with van der Waals surface area (Å²) in [5.41, 5.74) is 0. The third-order valence-corrected chi connectivity index (χ3v) is 3.90. The summed E-state index contributed by atoms with van der Waals surface area (Å²) in [5.74, 6) is 0.739. The maximum Gasteiger partial charge on any atom is 0.0975 e. The average Bonchev–Trinajstić information content (AvgIpc) is 2.43. The smallest absolute Gasteiger partial charge is 0.0975 e. The molecule has 0 amide bonds. The van der Waals surface area contributed by atoms with Gasteiger partial charge in [0.2, 0.25) is 0 Å². The van der Waals surface area contributed by atoms with Crippen molar-refractivity contribution in [3.63, 3.8) is 0 Å². The highest BCUT2D eigenvalue weighted by Gasteiger charge is 2.24. The van der Waals surface area contributed by atoms with Crippen LogP contribution in [0.2, 0.25) is 0 Å². The van der Waals surface area contributed by atoms with Gasteiger partial charge in [-0.3, -0.25) is 0 Å². The zero-order valence-electron chi connectivity index (χ0n) is 12.0. The fraction of sp³-hybridized carbons (Fsp3) is 0.933. The predicted octanol–water partition coefficient (Wildman–Crippen LogP) is 3.25. The molecule has 3 atom stereocenters. The number of nitriles is 1. The minimum absolute atomic E-state index is 0.0476. The van der Waals surface area contributed by atoms with Gasteiger partial charge in [-0.15, -0.1) is 0 Å². The molecule has 0 bridgehead atoms. The van der Waals surface area contributed by atoms with Crippen molar-refractivity contribution in [2.45, 2.75) is 70.9 Å². The van der Waals surface area contributed by atoms with E-state index >= 15 is 0 Å². The van der Waals surface area contributed by atoms with Gasteiger partial charge < -0.3 is 10.1 Å². The third-order valence-electron chi connectivity index (χ3n) is 3.90. The molecule has 104 valence electrons. The molecule has 0 aromatic rings. The Morgan fingerprint density at radius 3 is 2.78 bits per heavy atom. The first-order valence-corrected chi connectivity index (χ1v) is 7.56. The molecule has 18 heavy (non-hydrogen) atoms. The van der Waals surface area contributed by atoms with Crippen LogP contribution in [-0.4, -0.2) is 25.3 Å². The summed E-state index contributed by atoms with van der Waals surface area (Å²) in [4.78, 5) is 0. The quantitative estimate of drug-likeness (QED) is 0.721. The Morgan fingerprint density at radius 1 is 1.33 bits per heavy atom. The number of rotatable bonds is 8. The van der Waals surface area contributed by atoms with Crippen LogP contribution in [0.1, 0.15) is 58.8 Å². The van der Waals surface area contributed by atoms with Gasteiger partial charge in [-0.05, 0) is 38.1 Å². The molecule has 0 heterocycles. The van der Waals surface area contributed by atoms with Crippen molar-refractivity contribution in [1.29, 1.82) is 5.26 Å². The Hall–Kier alpha value is -0.590. The van der Waals surface area contributed by atoms with E-state index < -0.39 is 0 Å². The van der Waals surface area contributed by atoms with E-state index in [1.54, 1.807) is 0 Å². The Kier molecular flexibility index (Phi) is 8.04. The van der Waals surface area contributed by atoms with Crippen LogP contribution in [0.15, 0.2) is 0 Å². The van der Waals surface area contributed by atoms with Crippen molar-refractivity contribution >= 4 is 0 Å². The number of ether oxygens (including phenoxy) is 1. The van der Waals surface area contributed by atoms with E-state index in [4.69, 9.17) is 10.00 Å². The maximum absolute atomic E-state index is 9.02. The fourth-order valence-corrected chi connectivity index (χ4v) is 2.73. The first kappa shape index (κ1) is 15.5. The van der Waals surface area contributed by atoms with Crippen molar-refractivity contribution in [2.24, 2.45) is 5.92 Å². The largest absolute Gasteiger partial charge is 0.378 e. The van der Waals surface area contributed by atoms with Gasteiger partial charge in [0.1, 0.15) is 0 Å². The normalized spacial score (nSPS) is 25.6. The summed E-state index contributed by atoms with van der Waals surface area (Å²) in [7, 11) is 0. The van der Waals surface area contributed by atoms with Crippen LogP contribution in [0.25, 0.3) is 0 Å². The molecule has 0 aromatic heterocycles. The highest BCUT2D eigenvalue weighted by Crippen LogP contribution is 2.29. The van der Waals surface area contributed by atoms with Crippen LogP contribution < -0.4 is 5.32 Å². The molecular formula is C15H28N2O. The lowest BCUT2D eigenvalue weighted by atomic mass is 9.85. The molecule has 0 radical (unpaired) electrons. The summed E-state index contributed by atoms with van der Waals surface area (Å²) in [6.45, 7) is 6.01. The Bertz CT molecular complexity index is 249. The second-order valence-corrected chi connectivity index (χ2v) is 5.29. The third kappa shape index (κ3) is 5.37. The Balaban J connectivity index is 2.20. The minimum atomic E-state index is -0.0476. The monoisotopic (exact) mass is 252 g/mol. The molecular weight excluding hydrogens is 224 g/mol. The lowest BCUT2D eigenvalue weighted by Gasteiger charge is -2.31. The van der Waals surface area contributed by atoms with Crippen LogP contribution >= 0.6 is 0 Å². The van der Waals surface area contributed by atoms with E-state index in [9.17, 15) is 0 Å². The van der Waals surface area contributed by atoms with Crippen LogP contribution in [0, 0.1) is 17.2 Å². The van der Waals surface area contributed by atoms with E-state index in [1.165, 1.54) is 32.1 Å². The van der Waals surface area contributed by atoms with Gasteiger partial charge in [-0.2, -0.15) is 5.26 Å². The Morgan fingerprint density at radius 2 is 2.11 bits per heavy atom. The summed E-state index contributed by atoms with van der Waals surface area (Å²) in [6, 6.07) is 2.26. The fourth-order valence-electron chi connectivity index (χ4n) is 2.73. The van der Waals surface area contributed by atoms with Crippen molar-refractivity contribution < 1.29 is 4.74 Å². The number of nitrogens with one attached hydrogen (secondary N) is 1. The van der Waals surface area contributed by atoms with Gasteiger partial charge in [0.25, 0.3) is 0 Å². The summed E-state index contributed by atoms with van der Waals surface area (Å²) >= 11 is 0. The molecule has 1 N–H and O–H groups in total. The summed E-state index contributed by atoms with van der Waals surface area (Å²) < 4.78 is 6.01. The zero-order valence-corrected chi connectivity index (χ0v) is 12.0. The van der Waals surface area contributed by atoms with E-state index in [-0.39, 0.29) is 6.04 Å². The SMILES string of the molecule is CCCNC(C#N)CCOC1CCCCC1CC. The molecule has 3 nitrogen and oxygen atoms in total. The number of hydrogen-bond acceptors (Lipinski definition) is 3. The van der Waals surface area contributed by atoms with Crippen LogP contribution in [0.4, 0.5) is 0 Å². The average molecular weight is 252 g/mol. The molecule has 0 aliphatic heterocycles. The van der Waals surface area contributed by atoms with Gasteiger partial charge in [-0.25, -0.2) is 0 Å². The second kappa shape index (κ2) is 9.35. The predicted molar refractivity (Wildman–Crippen MR) is 74.3 cm³/mol. The molecule has 0 saturated heterocycles. The second-order valence-electron chi connectivity index (χ2n) is 5.29. The molecule has 3 unspecified atom stereocenters. The van der Waals surface area contributed by atoms with Crippen LogP contribution in [-0.2, 0) is 4.74 Å². The topological polar surface area (TPSA) is 45.0 Å². The van der Waals surface area contributed by atoms with Gasteiger partial charge in [-0.1, -0.05) is 33.1 Å². The molecule has 1 rings (SSSR count). The molecule has 1 aliphatic rings. The minimum Gasteiger partial charge on any atom is -0.378 e.